The third kappa shape index (κ3) is 3.18. The van der Waals surface area contributed by atoms with Crippen LogP contribution in [0.3, 0.4) is 0 Å². The molecule has 6 heteroatoms. The first kappa shape index (κ1) is 19.4. The molecule has 0 aliphatic heterocycles. The van der Waals surface area contributed by atoms with Crippen molar-refractivity contribution < 1.29 is 13.2 Å². The summed E-state index contributed by atoms with van der Waals surface area (Å²) in [5, 5.41) is -0.0953. The van der Waals surface area contributed by atoms with Gasteiger partial charge in [-0.1, -0.05) is 42.8 Å². The molecule has 0 spiro atoms. The highest BCUT2D eigenvalue weighted by molar-refractivity contribution is 7.92. The lowest BCUT2D eigenvalue weighted by molar-refractivity contribution is 0.142. The van der Waals surface area contributed by atoms with Crippen molar-refractivity contribution >= 4 is 21.4 Å². The molecule has 2 aromatic carbocycles. The minimum Gasteiger partial charge on any atom is -0.384 e. The molecule has 0 heterocycles. The van der Waals surface area contributed by atoms with Gasteiger partial charge in [0, 0.05) is 30.0 Å². The topological polar surface area (TPSA) is 69.4 Å². The molecule has 140 valence electrons. The van der Waals surface area contributed by atoms with Crippen LogP contribution in [0.4, 0.5) is 0 Å². The van der Waals surface area contributed by atoms with E-state index in [1.165, 1.54) is 5.56 Å². The largest absolute Gasteiger partial charge is 0.384 e. The van der Waals surface area contributed by atoms with Crippen LogP contribution in [0, 0.1) is 5.41 Å². The van der Waals surface area contributed by atoms with Gasteiger partial charge in [0.1, 0.15) is 0 Å². The molecule has 3 rings (SSSR count). The Hall–Kier alpha value is -1.40. The van der Waals surface area contributed by atoms with E-state index in [1.807, 2.05) is 24.3 Å². The molecule has 0 radical (unpaired) electrons. The average Bonchev–Trinajstić information content (AvgIpc) is 3.32. The van der Waals surface area contributed by atoms with Crippen molar-refractivity contribution in [3.63, 3.8) is 0 Å². The number of ether oxygens (including phenoxy) is 1. The van der Waals surface area contributed by atoms with Crippen LogP contribution in [-0.2, 0) is 21.0 Å². The minimum atomic E-state index is -3.56. The smallest absolute Gasteiger partial charge is 0.182 e. The summed E-state index contributed by atoms with van der Waals surface area (Å²) in [6, 6.07) is 14.4. The highest BCUT2D eigenvalue weighted by atomic mass is 35.5. The zero-order valence-electron chi connectivity index (χ0n) is 15.0. The number of aryl methyl sites for hydroxylation is 1. The Morgan fingerprint density at radius 3 is 2.23 bits per heavy atom. The van der Waals surface area contributed by atoms with Crippen molar-refractivity contribution in [1.29, 1.82) is 0 Å². The van der Waals surface area contributed by atoms with Gasteiger partial charge in [-0.05, 0) is 41.8 Å². The van der Waals surface area contributed by atoms with E-state index in [0.29, 0.717) is 11.6 Å². The maximum atomic E-state index is 13.3. The number of nitrogens with two attached hydrogens (primary N) is 1. The first-order valence-electron chi connectivity index (χ1n) is 8.68. The molecule has 1 aliphatic carbocycles. The predicted molar refractivity (Wildman–Crippen MR) is 104 cm³/mol. The monoisotopic (exact) mass is 393 g/mol. The lowest BCUT2D eigenvalue weighted by Crippen LogP contribution is -2.28. The maximum Gasteiger partial charge on any atom is 0.182 e. The Morgan fingerprint density at radius 2 is 1.73 bits per heavy atom. The van der Waals surface area contributed by atoms with E-state index in [0.717, 1.165) is 12.0 Å². The van der Waals surface area contributed by atoms with Crippen molar-refractivity contribution in [2.75, 3.05) is 20.3 Å². The van der Waals surface area contributed by atoms with Crippen molar-refractivity contribution in [3.8, 4) is 0 Å². The van der Waals surface area contributed by atoms with Gasteiger partial charge >= 0.3 is 0 Å². The summed E-state index contributed by atoms with van der Waals surface area (Å²) < 4.78 is 32.0. The van der Waals surface area contributed by atoms with E-state index in [9.17, 15) is 8.42 Å². The van der Waals surface area contributed by atoms with Crippen molar-refractivity contribution in [2.24, 2.45) is 11.1 Å². The fourth-order valence-corrected chi connectivity index (χ4v) is 6.49. The Morgan fingerprint density at radius 1 is 1.12 bits per heavy atom. The summed E-state index contributed by atoms with van der Waals surface area (Å²) in [6.45, 7) is 2.65. The second-order valence-electron chi connectivity index (χ2n) is 6.86. The Bertz CT molecular complexity index is 865. The van der Waals surface area contributed by atoms with Gasteiger partial charge in [0.15, 0.2) is 9.84 Å². The van der Waals surface area contributed by atoms with Gasteiger partial charge in [-0.3, -0.25) is 0 Å². The highest BCUT2D eigenvalue weighted by Crippen LogP contribution is 2.63. The molecule has 1 saturated carbocycles. The van der Waals surface area contributed by atoms with Gasteiger partial charge in [0.25, 0.3) is 0 Å². The molecule has 2 N–H and O–H groups in total. The van der Waals surface area contributed by atoms with Gasteiger partial charge < -0.3 is 10.5 Å². The molecule has 2 aromatic rings. The van der Waals surface area contributed by atoms with Crippen molar-refractivity contribution in [1.82, 2.24) is 0 Å². The Balaban J connectivity index is 2.03. The lowest BCUT2D eigenvalue weighted by atomic mass is 9.99. The number of hydrogen-bond donors (Lipinski definition) is 1. The molecule has 4 nitrogen and oxygen atoms in total. The van der Waals surface area contributed by atoms with Crippen LogP contribution in [0.2, 0.25) is 5.02 Å². The average molecular weight is 394 g/mol. The van der Waals surface area contributed by atoms with E-state index < -0.39 is 20.5 Å². The van der Waals surface area contributed by atoms with E-state index in [4.69, 9.17) is 22.1 Å². The summed E-state index contributed by atoms with van der Waals surface area (Å²) >= 11 is 5.91. The number of benzene rings is 2. The SMILES string of the molecule is CCc1ccc([C@H]2[C@@H](S(=O)(=O)c3ccc(Cl)cc3)[C@@]2(CN)COC)cc1. The standard InChI is InChI=1S/C20H24ClNO3S/c1-3-14-4-6-15(7-5-14)18-19(20(18,12-22)13-25-2)26(23,24)17-10-8-16(21)9-11-17/h4-11,18-19H,3,12-13,22H2,1-2H3/t18-,19+,20-/m0/s1. The molecular formula is C20H24ClNO3S. The zero-order chi connectivity index (χ0) is 18.9. The van der Waals surface area contributed by atoms with Crippen LogP contribution in [0.1, 0.15) is 24.0 Å². The molecular weight excluding hydrogens is 370 g/mol. The normalized spacial score (nSPS) is 25.2. The Labute approximate surface area is 160 Å². The van der Waals surface area contributed by atoms with E-state index in [1.54, 1.807) is 31.4 Å². The van der Waals surface area contributed by atoms with Gasteiger partial charge in [-0.15, -0.1) is 0 Å². The van der Waals surface area contributed by atoms with Crippen LogP contribution >= 0.6 is 11.6 Å². The summed E-state index contributed by atoms with van der Waals surface area (Å²) in [5.41, 5.74) is 7.66. The molecule has 0 aromatic heterocycles. The summed E-state index contributed by atoms with van der Waals surface area (Å²) in [6.07, 6.45) is 0.942. The molecule has 1 fully saturated rings. The quantitative estimate of drug-likeness (QED) is 0.782. The van der Waals surface area contributed by atoms with E-state index in [2.05, 4.69) is 6.92 Å². The molecule has 0 unspecified atom stereocenters. The maximum absolute atomic E-state index is 13.3. The lowest BCUT2D eigenvalue weighted by Gasteiger charge is -2.15. The molecule has 0 bridgehead atoms. The second kappa shape index (κ2) is 7.31. The summed E-state index contributed by atoms with van der Waals surface area (Å²) in [4.78, 5) is 0.272. The number of methoxy groups -OCH3 is 1. The van der Waals surface area contributed by atoms with Crippen LogP contribution in [0.5, 0.6) is 0 Å². The fourth-order valence-electron chi connectivity index (χ4n) is 3.92. The first-order chi connectivity index (χ1) is 12.4. The number of rotatable bonds is 7. The third-order valence-electron chi connectivity index (χ3n) is 5.40. The van der Waals surface area contributed by atoms with Crippen LogP contribution in [0.15, 0.2) is 53.4 Å². The van der Waals surface area contributed by atoms with Crippen LogP contribution in [0.25, 0.3) is 0 Å². The predicted octanol–water partition coefficient (Wildman–Crippen LogP) is 3.43. The third-order valence-corrected chi connectivity index (χ3v) is 7.99. The fraction of sp³-hybridized carbons (Fsp3) is 0.400. The molecule has 0 saturated heterocycles. The van der Waals surface area contributed by atoms with Crippen LogP contribution in [-0.4, -0.2) is 33.9 Å². The van der Waals surface area contributed by atoms with Gasteiger partial charge in [-0.2, -0.15) is 0 Å². The molecule has 3 atom stereocenters. The number of sulfone groups is 1. The minimum absolute atomic E-state index is 0.181. The first-order valence-corrected chi connectivity index (χ1v) is 10.6. The molecule has 1 aliphatic rings. The van der Waals surface area contributed by atoms with Gasteiger partial charge in [-0.25, -0.2) is 8.42 Å². The zero-order valence-corrected chi connectivity index (χ0v) is 16.6. The van der Waals surface area contributed by atoms with Crippen LogP contribution < -0.4 is 5.73 Å². The second-order valence-corrected chi connectivity index (χ2v) is 9.37. The Kier molecular flexibility index (Phi) is 5.45. The summed E-state index contributed by atoms with van der Waals surface area (Å²) in [5.74, 6) is -0.181. The van der Waals surface area contributed by atoms with Crippen molar-refractivity contribution in [2.45, 2.75) is 29.4 Å². The van der Waals surface area contributed by atoms with Gasteiger partial charge in [0.2, 0.25) is 0 Å². The van der Waals surface area contributed by atoms with E-state index in [-0.39, 0.29) is 17.4 Å². The van der Waals surface area contributed by atoms with Gasteiger partial charge in [0.05, 0.1) is 16.8 Å². The summed E-state index contributed by atoms with van der Waals surface area (Å²) in [7, 11) is -1.97. The molecule has 0 amide bonds. The highest BCUT2D eigenvalue weighted by Gasteiger charge is 2.70. The van der Waals surface area contributed by atoms with E-state index >= 15 is 0 Å². The van der Waals surface area contributed by atoms with Crippen molar-refractivity contribution in [3.05, 3.63) is 64.7 Å². The number of hydrogen-bond acceptors (Lipinski definition) is 4. The molecule has 26 heavy (non-hydrogen) atoms. The number of halogens is 1.